The Kier molecular flexibility index (Phi) is 4.76. The molecular weight excluding hydrogens is 338 g/mol. The zero-order valence-corrected chi connectivity index (χ0v) is 15.3. The van der Waals surface area contributed by atoms with E-state index in [-0.39, 0.29) is 11.3 Å². The molecule has 0 aliphatic heterocycles. The third-order valence-corrected chi connectivity index (χ3v) is 4.34. The van der Waals surface area contributed by atoms with Gasteiger partial charge in [0.1, 0.15) is 0 Å². The fraction of sp³-hybridized carbons (Fsp3) is 0.316. The van der Waals surface area contributed by atoms with Crippen molar-refractivity contribution in [3.8, 4) is 0 Å². The van der Waals surface area contributed by atoms with Gasteiger partial charge in [0.05, 0.1) is 0 Å². The lowest BCUT2D eigenvalue weighted by Gasteiger charge is -2.21. The van der Waals surface area contributed by atoms with E-state index in [0.717, 1.165) is 21.3 Å². The van der Waals surface area contributed by atoms with Crippen LogP contribution in [0.4, 0.5) is 5.69 Å². The minimum absolute atomic E-state index is 0.0426. The molecule has 2 nitrogen and oxygen atoms in total. The first-order valence-corrected chi connectivity index (χ1v) is 8.16. The van der Waals surface area contributed by atoms with E-state index in [1.807, 2.05) is 50.2 Å². The van der Waals surface area contributed by atoms with Crippen LogP contribution >= 0.6 is 15.9 Å². The number of amides is 1. The third kappa shape index (κ3) is 3.77. The first kappa shape index (κ1) is 16.8. The van der Waals surface area contributed by atoms with E-state index in [1.165, 1.54) is 5.56 Å². The summed E-state index contributed by atoms with van der Waals surface area (Å²) in [5.74, 6) is -0.0881. The molecule has 22 heavy (non-hydrogen) atoms. The van der Waals surface area contributed by atoms with Crippen molar-refractivity contribution in [2.24, 2.45) is 0 Å². The van der Waals surface area contributed by atoms with Gasteiger partial charge in [0.25, 0.3) is 5.91 Å². The van der Waals surface area contributed by atoms with Crippen molar-refractivity contribution in [2.45, 2.75) is 40.0 Å². The molecule has 116 valence electrons. The zero-order valence-electron chi connectivity index (χ0n) is 13.8. The van der Waals surface area contributed by atoms with E-state index in [1.54, 1.807) is 0 Å². The summed E-state index contributed by atoms with van der Waals surface area (Å²) in [5, 5.41) is 2.99. The highest BCUT2D eigenvalue weighted by molar-refractivity contribution is 9.10. The Morgan fingerprint density at radius 1 is 1.05 bits per heavy atom. The maximum Gasteiger partial charge on any atom is 0.255 e. The largest absolute Gasteiger partial charge is 0.322 e. The molecule has 0 aliphatic carbocycles. The fourth-order valence-corrected chi connectivity index (χ4v) is 3.30. The molecule has 1 N–H and O–H groups in total. The molecule has 2 aromatic carbocycles. The van der Waals surface area contributed by atoms with Gasteiger partial charge in [0, 0.05) is 15.7 Å². The fourth-order valence-electron chi connectivity index (χ4n) is 2.33. The molecule has 1 amide bonds. The minimum Gasteiger partial charge on any atom is -0.322 e. The normalized spacial score (nSPS) is 11.4. The summed E-state index contributed by atoms with van der Waals surface area (Å²) in [6, 6.07) is 11.8. The van der Waals surface area contributed by atoms with Gasteiger partial charge in [0.15, 0.2) is 0 Å². The second-order valence-electron chi connectivity index (χ2n) is 6.72. The molecule has 0 heterocycles. The maximum atomic E-state index is 12.5. The first-order valence-electron chi connectivity index (χ1n) is 7.37. The molecule has 2 rings (SSSR count). The number of hydrogen-bond donors (Lipinski definition) is 1. The van der Waals surface area contributed by atoms with E-state index < -0.39 is 0 Å². The summed E-state index contributed by atoms with van der Waals surface area (Å²) in [7, 11) is 0. The Labute approximate surface area is 141 Å². The molecule has 0 radical (unpaired) electrons. The molecular formula is C19H22BrNO. The quantitative estimate of drug-likeness (QED) is 0.740. The van der Waals surface area contributed by atoms with Gasteiger partial charge in [-0.15, -0.1) is 0 Å². The smallest absolute Gasteiger partial charge is 0.255 e. The van der Waals surface area contributed by atoms with Crippen molar-refractivity contribution >= 4 is 27.5 Å². The summed E-state index contributed by atoms with van der Waals surface area (Å²) < 4.78 is 0.966. The van der Waals surface area contributed by atoms with E-state index in [4.69, 9.17) is 0 Å². The van der Waals surface area contributed by atoms with Crippen molar-refractivity contribution < 1.29 is 4.79 Å². The highest BCUT2D eigenvalue weighted by Gasteiger charge is 2.18. The molecule has 0 fully saturated rings. The maximum absolute atomic E-state index is 12.5. The van der Waals surface area contributed by atoms with Crippen LogP contribution < -0.4 is 5.32 Å². The number of carbonyl (C=O) groups is 1. The Bertz CT molecular complexity index is 714. The summed E-state index contributed by atoms with van der Waals surface area (Å²) in [4.78, 5) is 12.5. The molecule has 0 atom stereocenters. The summed E-state index contributed by atoms with van der Waals surface area (Å²) >= 11 is 3.58. The monoisotopic (exact) mass is 359 g/mol. The number of aryl methyl sites for hydroxylation is 2. The predicted octanol–water partition coefficient (Wildman–Crippen LogP) is 5.62. The van der Waals surface area contributed by atoms with Crippen LogP contribution in [0.3, 0.4) is 0 Å². The number of nitrogens with one attached hydrogen (secondary N) is 1. The first-order chi connectivity index (χ1) is 10.2. The average molecular weight is 360 g/mol. The number of hydrogen-bond acceptors (Lipinski definition) is 1. The molecule has 0 unspecified atom stereocenters. The van der Waals surface area contributed by atoms with Crippen LogP contribution in [0.5, 0.6) is 0 Å². The van der Waals surface area contributed by atoms with E-state index in [0.29, 0.717) is 5.56 Å². The molecule has 2 aromatic rings. The Hall–Kier alpha value is -1.61. The molecule has 0 spiro atoms. The second kappa shape index (κ2) is 6.25. The van der Waals surface area contributed by atoms with Gasteiger partial charge in [-0.25, -0.2) is 0 Å². The Balaban J connectivity index is 2.27. The molecule has 0 saturated carbocycles. The van der Waals surface area contributed by atoms with E-state index in [2.05, 4.69) is 42.0 Å². The van der Waals surface area contributed by atoms with Crippen LogP contribution in [0.2, 0.25) is 0 Å². The number of rotatable bonds is 2. The van der Waals surface area contributed by atoms with Crippen LogP contribution in [0, 0.1) is 13.8 Å². The number of benzene rings is 2. The summed E-state index contributed by atoms with van der Waals surface area (Å²) in [6.07, 6.45) is 0. The molecule has 0 bridgehead atoms. The lowest BCUT2D eigenvalue weighted by atomic mass is 9.86. The van der Waals surface area contributed by atoms with Crippen LogP contribution in [-0.4, -0.2) is 5.91 Å². The number of anilines is 1. The second-order valence-corrected chi connectivity index (χ2v) is 7.57. The highest BCUT2D eigenvalue weighted by Crippen LogP contribution is 2.30. The number of halogens is 1. The van der Waals surface area contributed by atoms with Gasteiger partial charge in [-0.05, 0) is 54.2 Å². The summed E-state index contributed by atoms with van der Waals surface area (Å²) in [6.45, 7) is 10.5. The standard InChI is InChI=1S/C19H22BrNO/c1-12-6-7-13(2)17(10-12)21-18(22)14-8-9-15(16(20)11-14)19(3,4)5/h6-11H,1-5H3,(H,21,22). The average Bonchev–Trinajstić information content (AvgIpc) is 2.41. The Morgan fingerprint density at radius 3 is 2.32 bits per heavy atom. The topological polar surface area (TPSA) is 29.1 Å². The van der Waals surface area contributed by atoms with E-state index in [9.17, 15) is 4.79 Å². The van der Waals surface area contributed by atoms with E-state index >= 15 is 0 Å². The van der Waals surface area contributed by atoms with Gasteiger partial charge in [-0.3, -0.25) is 4.79 Å². The SMILES string of the molecule is Cc1ccc(C)c(NC(=O)c2ccc(C(C)(C)C)c(Br)c2)c1. The van der Waals surface area contributed by atoms with Crippen LogP contribution in [0.25, 0.3) is 0 Å². The lowest BCUT2D eigenvalue weighted by molar-refractivity contribution is 0.102. The van der Waals surface area contributed by atoms with Crippen molar-refractivity contribution in [3.63, 3.8) is 0 Å². The van der Waals surface area contributed by atoms with Crippen LogP contribution in [0.1, 0.15) is 47.8 Å². The molecule has 0 saturated heterocycles. The van der Waals surface area contributed by atoms with Gasteiger partial charge in [-0.2, -0.15) is 0 Å². The van der Waals surface area contributed by atoms with Crippen molar-refractivity contribution in [1.82, 2.24) is 0 Å². The lowest BCUT2D eigenvalue weighted by Crippen LogP contribution is -2.15. The molecule has 0 aromatic heterocycles. The molecule has 0 aliphatic rings. The highest BCUT2D eigenvalue weighted by atomic mass is 79.9. The van der Waals surface area contributed by atoms with Gasteiger partial charge >= 0.3 is 0 Å². The zero-order chi connectivity index (χ0) is 16.5. The van der Waals surface area contributed by atoms with Gasteiger partial charge < -0.3 is 5.32 Å². The van der Waals surface area contributed by atoms with Crippen molar-refractivity contribution in [1.29, 1.82) is 0 Å². The van der Waals surface area contributed by atoms with Gasteiger partial charge in [0.2, 0.25) is 0 Å². The van der Waals surface area contributed by atoms with Crippen molar-refractivity contribution in [3.05, 3.63) is 63.1 Å². The minimum atomic E-state index is -0.0881. The number of carbonyl (C=O) groups excluding carboxylic acids is 1. The van der Waals surface area contributed by atoms with Crippen molar-refractivity contribution in [2.75, 3.05) is 5.32 Å². The van der Waals surface area contributed by atoms with Crippen LogP contribution in [-0.2, 0) is 5.41 Å². The Morgan fingerprint density at radius 2 is 1.73 bits per heavy atom. The summed E-state index contributed by atoms with van der Waals surface area (Å²) in [5.41, 5.74) is 4.94. The third-order valence-electron chi connectivity index (χ3n) is 3.68. The molecule has 3 heteroatoms. The predicted molar refractivity (Wildman–Crippen MR) is 96.7 cm³/mol. The van der Waals surface area contributed by atoms with Gasteiger partial charge in [-0.1, -0.05) is 54.9 Å². The van der Waals surface area contributed by atoms with Crippen LogP contribution in [0.15, 0.2) is 40.9 Å².